The molecule has 2 heteroatoms. The Kier molecular flexibility index (Phi) is 8.25. The van der Waals surface area contributed by atoms with E-state index >= 15 is 0 Å². The Morgan fingerprint density at radius 1 is 1.38 bits per heavy atom. The third kappa shape index (κ3) is 4.79. The zero-order valence-electron chi connectivity index (χ0n) is 5.72. The van der Waals surface area contributed by atoms with Crippen LogP contribution in [0.2, 0.25) is 0 Å². The van der Waals surface area contributed by atoms with Crippen molar-refractivity contribution in [3.8, 4) is 0 Å². The molecule has 0 saturated carbocycles. The highest BCUT2D eigenvalue weighted by atomic mass is 35.5. The molecule has 0 saturated heterocycles. The van der Waals surface area contributed by atoms with E-state index in [0.717, 1.165) is 5.92 Å². The van der Waals surface area contributed by atoms with Crippen LogP contribution >= 0.6 is 25.0 Å². The van der Waals surface area contributed by atoms with Crippen molar-refractivity contribution in [2.45, 2.75) is 32.4 Å². The Hall–Kier alpha value is 0.640. The third-order valence-electron chi connectivity index (χ3n) is 1.19. The molecule has 0 heterocycles. The fourth-order valence-electron chi connectivity index (χ4n) is 0.471. The van der Waals surface area contributed by atoms with Crippen LogP contribution in [-0.2, 0) is 0 Å². The van der Waals surface area contributed by atoms with Crippen LogP contribution in [0.3, 0.4) is 0 Å². The molecule has 0 radical (unpaired) electrons. The van der Waals surface area contributed by atoms with E-state index in [4.69, 9.17) is 0 Å². The Morgan fingerprint density at radius 3 is 1.75 bits per heavy atom. The number of hydrogen-bond acceptors (Lipinski definition) is 1. The Morgan fingerprint density at radius 2 is 1.75 bits per heavy atom. The predicted octanol–water partition coefficient (Wildman–Crippen LogP) is 2.77. The van der Waals surface area contributed by atoms with Crippen molar-refractivity contribution in [1.29, 1.82) is 0 Å². The van der Waals surface area contributed by atoms with Gasteiger partial charge < -0.3 is 0 Å². The molecule has 8 heavy (non-hydrogen) atoms. The molecule has 0 aliphatic carbocycles. The van der Waals surface area contributed by atoms with Crippen LogP contribution in [0.25, 0.3) is 0 Å². The highest BCUT2D eigenvalue weighted by molar-refractivity contribution is 7.80. The van der Waals surface area contributed by atoms with Gasteiger partial charge in [0.15, 0.2) is 0 Å². The van der Waals surface area contributed by atoms with Crippen LogP contribution in [0.15, 0.2) is 0 Å². The van der Waals surface area contributed by atoms with Crippen LogP contribution in [-0.4, -0.2) is 5.25 Å². The van der Waals surface area contributed by atoms with Crippen LogP contribution < -0.4 is 0 Å². The summed E-state index contributed by atoms with van der Waals surface area (Å²) in [6, 6.07) is 0. The average Bonchev–Trinajstić information content (AvgIpc) is 1.65. The normalized spacial score (nSPS) is 13.1. The smallest absolute Gasteiger partial charge is 0.00372 e. The highest BCUT2D eigenvalue weighted by Crippen LogP contribution is 2.10. The molecule has 0 aliphatic heterocycles. The lowest BCUT2D eigenvalue weighted by Gasteiger charge is -2.09. The Bertz CT molecular complexity index is 45.8. The fraction of sp³-hybridized carbons (Fsp3) is 1.00. The van der Waals surface area contributed by atoms with Gasteiger partial charge in [0.25, 0.3) is 0 Å². The maximum absolute atomic E-state index is 4.32. The Balaban J connectivity index is 0. The molecule has 52 valence electrons. The number of halogens is 1. The van der Waals surface area contributed by atoms with Crippen molar-refractivity contribution in [1.82, 2.24) is 0 Å². The summed E-state index contributed by atoms with van der Waals surface area (Å²) in [6.07, 6.45) is 1.18. The molecular formula is C6H15ClS. The Labute approximate surface area is 63.9 Å². The first kappa shape index (κ1) is 11.4. The fourth-order valence-corrected chi connectivity index (χ4v) is 0.471. The molecule has 0 aromatic heterocycles. The lowest BCUT2D eigenvalue weighted by atomic mass is 10.1. The maximum atomic E-state index is 4.32. The van der Waals surface area contributed by atoms with Crippen molar-refractivity contribution >= 4 is 25.0 Å². The first-order valence-corrected chi connectivity index (χ1v) is 3.38. The summed E-state index contributed by atoms with van der Waals surface area (Å²) in [5, 5.41) is 0.597. The van der Waals surface area contributed by atoms with E-state index in [1.165, 1.54) is 6.42 Å². The summed E-state index contributed by atoms with van der Waals surface area (Å²) < 4.78 is 0. The van der Waals surface area contributed by atoms with Crippen molar-refractivity contribution in [3.63, 3.8) is 0 Å². The van der Waals surface area contributed by atoms with Crippen molar-refractivity contribution in [3.05, 3.63) is 0 Å². The van der Waals surface area contributed by atoms with Crippen LogP contribution in [0, 0.1) is 5.92 Å². The van der Waals surface area contributed by atoms with Gasteiger partial charge in [-0.05, 0) is 12.3 Å². The zero-order valence-corrected chi connectivity index (χ0v) is 7.43. The zero-order chi connectivity index (χ0) is 5.86. The summed E-state index contributed by atoms with van der Waals surface area (Å²) in [6.45, 7) is 6.56. The van der Waals surface area contributed by atoms with E-state index in [1.807, 2.05) is 0 Å². The molecule has 1 unspecified atom stereocenters. The quantitative estimate of drug-likeness (QED) is 0.582. The molecule has 0 aliphatic rings. The van der Waals surface area contributed by atoms with Gasteiger partial charge in [-0.3, -0.25) is 0 Å². The predicted molar refractivity (Wildman–Crippen MR) is 45.2 cm³/mol. The SMILES string of the molecule is CCC(S)C(C)C.Cl. The molecular weight excluding hydrogens is 140 g/mol. The summed E-state index contributed by atoms with van der Waals surface area (Å²) >= 11 is 4.32. The van der Waals surface area contributed by atoms with Crippen molar-refractivity contribution in [2.75, 3.05) is 0 Å². The first-order chi connectivity index (χ1) is 3.18. The standard InChI is InChI=1S/C6H14S.ClH/c1-4-6(7)5(2)3;/h5-7H,4H2,1-3H3;1H. The molecule has 0 spiro atoms. The monoisotopic (exact) mass is 154 g/mol. The topological polar surface area (TPSA) is 0 Å². The van der Waals surface area contributed by atoms with E-state index < -0.39 is 0 Å². The van der Waals surface area contributed by atoms with Gasteiger partial charge in [-0.2, -0.15) is 12.6 Å². The number of thiol groups is 1. The van der Waals surface area contributed by atoms with Gasteiger partial charge >= 0.3 is 0 Å². The molecule has 0 aromatic rings. The van der Waals surface area contributed by atoms with Gasteiger partial charge in [-0.25, -0.2) is 0 Å². The van der Waals surface area contributed by atoms with E-state index in [0.29, 0.717) is 5.25 Å². The average molecular weight is 155 g/mol. The van der Waals surface area contributed by atoms with E-state index in [2.05, 4.69) is 33.4 Å². The number of hydrogen-bond donors (Lipinski definition) is 1. The van der Waals surface area contributed by atoms with Gasteiger partial charge in [0.05, 0.1) is 0 Å². The summed E-state index contributed by atoms with van der Waals surface area (Å²) in [4.78, 5) is 0. The number of rotatable bonds is 2. The van der Waals surface area contributed by atoms with Crippen LogP contribution in [0.1, 0.15) is 27.2 Å². The molecule has 1 atom stereocenters. The van der Waals surface area contributed by atoms with Gasteiger partial charge in [0.2, 0.25) is 0 Å². The van der Waals surface area contributed by atoms with Crippen LogP contribution in [0.5, 0.6) is 0 Å². The molecule has 0 nitrogen and oxygen atoms in total. The third-order valence-corrected chi connectivity index (χ3v) is 2.15. The van der Waals surface area contributed by atoms with Gasteiger partial charge in [-0.15, -0.1) is 12.4 Å². The molecule has 0 bridgehead atoms. The minimum atomic E-state index is 0. The van der Waals surface area contributed by atoms with Gasteiger partial charge in [0, 0.05) is 5.25 Å². The van der Waals surface area contributed by atoms with Gasteiger partial charge in [0.1, 0.15) is 0 Å². The second kappa shape index (κ2) is 5.77. The summed E-state index contributed by atoms with van der Waals surface area (Å²) in [7, 11) is 0. The minimum absolute atomic E-state index is 0. The lowest BCUT2D eigenvalue weighted by molar-refractivity contribution is 0.597. The lowest BCUT2D eigenvalue weighted by Crippen LogP contribution is -2.04. The first-order valence-electron chi connectivity index (χ1n) is 2.86. The van der Waals surface area contributed by atoms with Gasteiger partial charge in [-0.1, -0.05) is 20.8 Å². The molecule has 0 rings (SSSR count). The van der Waals surface area contributed by atoms with E-state index in [9.17, 15) is 0 Å². The largest absolute Gasteiger partial charge is 0.176 e. The summed E-state index contributed by atoms with van der Waals surface area (Å²) in [5.74, 6) is 0.730. The second-order valence-corrected chi connectivity index (χ2v) is 2.88. The molecule has 0 aromatic carbocycles. The van der Waals surface area contributed by atoms with Crippen molar-refractivity contribution < 1.29 is 0 Å². The maximum Gasteiger partial charge on any atom is 0.00372 e. The molecule has 0 fully saturated rings. The summed E-state index contributed by atoms with van der Waals surface area (Å²) in [5.41, 5.74) is 0. The molecule has 0 amide bonds. The minimum Gasteiger partial charge on any atom is -0.176 e. The highest BCUT2D eigenvalue weighted by Gasteiger charge is 2.02. The van der Waals surface area contributed by atoms with Crippen molar-refractivity contribution in [2.24, 2.45) is 5.92 Å². The van der Waals surface area contributed by atoms with E-state index in [-0.39, 0.29) is 12.4 Å². The molecule has 0 N–H and O–H groups in total. The van der Waals surface area contributed by atoms with E-state index in [1.54, 1.807) is 0 Å². The van der Waals surface area contributed by atoms with Crippen LogP contribution in [0.4, 0.5) is 0 Å². The second-order valence-electron chi connectivity index (χ2n) is 2.22.